The lowest BCUT2D eigenvalue weighted by atomic mass is 10.1. The first-order chi connectivity index (χ1) is 7.75. The van der Waals surface area contributed by atoms with Gasteiger partial charge in [-0.1, -0.05) is 6.07 Å². The third kappa shape index (κ3) is 1.26. The number of hydrogen-bond donors (Lipinski definition) is 1. The Hall–Kier alpha value is -1.71. The van der Waals surface area contributed by atoms with Crippen LogP contribution in [-0.4, -0.2) is 19.6 Å². The molecule has 1 aromatic carbocycles. The third-order valence-corrected chi connectivity index (χ3v) is 3.29. The van der Waals surface area contributed by atoms with E-state index in [1.54, 1.807) is 7.11 Å². The maximum Gasteiger partial charge on any atom is 0.234 e. The van der Waals surface area contributed by atoms with Crippen LogP contribution in [0.4, 0.5) is 5.69 Å². The molecule has 2 aliphatic rings. The Balaban J connectivity index is 2.03. The summed E-state index contributed by atoms with van der Waals surface area (Å²) in [6.45, 7) is 0.471. The molecule has 84 valence electrons. The fourth-order valence-corrected chi connectivity index (χ4v) is 1.97. The smallest absolute Gasteiger partial charge is 0.234 e. The number of nitrogens with one attached hydrogen (secondary N) is 1. The molecule has 3 rings (SSSR count). The van der Waals surface area contributed by atoms with Crippen LogP contribution in [-0.2, 0) is 4.79 Å². The lowest BCUT2D eigenvalue weighted by Crippen LogP contribution is -2.26. The van der Waals surface area contributed by atoms with Crippen molar-refractivity contribution >= 4 is 11.6 Å². The zero-order chi connectivity index (χ0) is 11.2. The molecule has 1 heterocycles. The van der Waals surface area contributed by atoms with E-state index in [9.17, 15) is 4.79 Å². The van der Waals surface area contributed by atoms with Gasteiger partial charge in [-0.3, -0.25) is 4.79 Å². The summed E-state index contributed by atoms with van der Waals surface area (Å²) in [5.74, 6) is 1.38. The van der Waals surface area contributed by atoms with Crippen LogP contribution in [0.2, 0.25) is 0 Å². The molecule has 1 aliphatic heterocycles. The summed E-state index contributed by atoms with van der Waals surface area (Å²) in [6, 6.07) is 5.52. The topological polar surface area (TPSA) is 47.6 Å². The number of fused-ring (bicyclic) bond motifs is 1. The van der Waals surface area contributed by atoms with Crippen molar-refractivity contribution in [3.8, 4) is 11.5 Å². The number of ether oxygens (including phenoxy) is 2. The van der Waals surface area contributed by atoms with Gasteiger partial charge in [0.2, 0.25) is 5.91 Å². The van der Waals surface area contributed by atoms with Crippen LogP contribution < -0.4 is 14.8 Å². The van der Waals surface area contributed by atoms with E-state index >= 15 is 0 Å². The van der Waals surface area contributed by atoms with Crippen LogP contribution in [0.3, 0.4) is 0 Å². The fourth-order valence-electron chi connectivity index (χ4n) is 1.97. The number of carbonyl (C=O) groups is 1. The molecule has 1 aliphatic carbocycles. The number of rotatable bonds is 1. The van der Waals surface area contributed by atoms with Crippen molar-refractivity contribution in [1.29, 1.82) is 0 Å². The molecule has 1 fully saturated rings. The lowest BCUT2D eigenvalue weighted by molar-refractivity contribution is -0.121. The number of anilines is 1. The van der Waals surface area contributed by atoms with Gasteiger partial charge in [0, 0.05) is 0 Å². The fraction of sp³-hybridized carbons (Fsp3) is 0.417. The monoisotopic (exact) mass is 219 g/mol. The SMILES string of the molecule is COc1cccc2c1NC(=O)C1(CC1)CO2. The van der Waals surface area contributed by atoms with E-state index in [0.29, 0.717) is 23.8 Å². The molecular weight excluding hydrogens is 206 g/mol. The van der Waals surface area contributed by atoms with Crippen molar-refractivity contribution in [3.63, 3.8) is 0 Å². The Morgan fingerprint density at radius 3 is 2.94 bits per heavy atom. The van der Waals surface area contributed by atoms with Crippen LogP contribution in [0.5, 0.6) is 11.5 Å². The predicted octanol–water partition coefficient (Wildman–Crippen LogP) is 1.81. The first-order valence-electron chi connectivity index (χ1n) is 5.36. The second kappa shape index (κ2) is 3.14. The number of para-hydroxylation sites is 1. The molecule has 1 spiro atoms. The second-order valence-corrected chi connectivity index (χ2v) is 4.36. The summed E-state index contributed by atoms with van der Waals surface area (Å²) in [7, 11) is 1.58. The van der Waals surface area contributed by atoms with Crippen molar-refractivity contribution in [1.82, 2.24) is 0 Å². The van der Waals surface area contributed by atoms with Crippen molar-refractivity contribution in [2.45, 2.75) is 12.8 Å². The largest absolute Gasteiger partial charge is 0.494 e. The van der Waals surface area contributed by atoms with Crippen LogP contribution >= 0.6 is 0 Å². The average Bonchev–Trinajstić information content (AvgIpc) is 3.09. The second-order valence-electron chi connectivity index (χ2n) is 4.36. The van der Waals surface area contributed by atoms with Gasteiger partial charge in [-0.05, 0) is 25.0 Å². The molecule has 0 unspecified atom stereocenters. The summed E-state index contributed by atoms with van der Waals surface area (Å²) in [5.41, 5.74) is 0.364. The van der Waals surface area contributed by atoms with Gasteiger partial charge in [-0.15, -0.1) is 0 Å². The van der Waals surface area contributed by atoms with Gasteiger partial charge in [0.15, 0.2) is 0 Å². The van der Waals surface area contributed by atoms with Gasteiger partial charge >= 0.3 is 0 Å². The average molecular weight is 219 g/mol. The quantitative estimate of drug-likeness (QED) is 0.783. The molecule has 0 bridgehead atoms. The Kier molecular flexibility index (Phi) is 1.87. The van der Waals surface area contributed by atoms with Gasteiger partial charge in [-0.2, -0.15) is 0 Å². The van der Waals surface area contributed by atoms with E-state index < -0.39 is 0 Å². The van der Waals surface area contributed by atoms with E-state index in [0.717, 1.165) is 12.8 Å². The molecular formula is C12H13NO3. The molecule has 0 saturated heterocycles. The molecule has 0 aromatic heterocycles. The van der Waals surface area contributed by atoms with E-state index in [1.165, 1.54) is 0 Å². The zero-order valence-corrected chi connectivity index (χ0v) is 9.08. The molecule has 1 amide bonds. The summed E-state index contributed by atoms with van der Waals surface area (Å²) in [5, 5.41) is 2.91. The minimum absolute atomic E-state index is 0.0516. The highest BCUT2D eigenvalue weighted by atomic mass is 16.5. The summed E-state index contributed by atoms with van der Waals surface area (Å²) < 4.78 is 10.9. The first kappa shape index (κ1) is 9.51. The molecule has 16 heavy (non-hydrogen) atoms. The van der Waals surface area contributed by atoms with Crippen LogP contribution in [0.25, 0.3) is 0 Å². The summed E-state index contributed by atoms with van der Waals surface area (Å²) in [4.78, 5) is 12.0. The number of benzene rings is 1. The molecule has 0 radical (unpaired) electrons. The first-order valence-corrected chi connectivity index (χ1v) is 5.36. The van der Waals surface area contributed by atoms with Crippen LogP contribution in [0, 0.1) is 5.41 Å². The number of hydrogen-bond acceptors (Lipinski definition) is 3. The van der Waals surface area contributed by atoms with Crippen LogP contribution in [0.15, 0.2) is 18.2 Å². The van der Waals surface area contributed by atoms with Crippen molar-refractivity contribution < 1.29 is 14.3 Å². The van der Waals surface area contributed by atoms with Crippen molar-refractivity contribution in [3.05, 3.63) is 18.2 Å². The van der Waals surface area contributed by atoms with Gasteiger partial charge < -0.3 is 14.8 Å². The molecule has 0 atom stereocenters. The Labute approximate surface area is 93.5 Å². The number of methoxy groups -OCH3 is 1. The van der Waals surface area contributed by atoms with Gasteiger partial charge in [-0.25, -0.2) is 0 Å². The Bertz CT molecular complexity index is 452. The lowest BCUT2D eigenvalue weighted by Gasteiger charge is -2.10. The highest BCUT2D eigenvalue weighted by Crippen LogP contribution is 2.50. The standard InChI is InChI=1S/C12H13NO3/c1-15-8-3-2-4-9-10(8)13-11(14)12(5-6-12)7-16-9/h2-4H,5-7H2,1H3,(H,13,14). The van der Waals surface area contributed by atoms with E-state index in [-0.39, 0.29) is 11.3 Å². The van der Waals surface area contributed by atoms with Gasteiger partial charge in [0.1, 0.15) is 23.8 Å². The Morgan fingerprint density at radius 1 is 1.44 bits per heavy atom. The highest BCUT2D eigenvalue weighted by Gasteiger charge is 2.52. The number of carbonyl (C=O) groups excluding carboxylic acids is 1. The van der Waals surface area contributed by atoms with E-state index in [2.05, 4.69) is 5.32 Å². The highest BCUT2D eigenvalue weighted by molar-refractivity contribution is 6.00. The molecule has 1 N–H and O–H groups in total. The predicted molar refractivity (Wildman–Crippen MR) is 58.8 cm³/mol. The molecule has 4 heteroatoms. The zero-order valence-electron chi connectivity index (χ0n) is 9.08. The minimum atomic E-state index is -0.288. The minimum Gasteiger partial charge on any atom is -0.494 e. The van der Waals surface area contributed by atoms with Gasteiger partial charge in [0.05, 0.1) is 12.5 Å². The van der Waals surface area contributed by atoms with E-state index in [1.807, 2.05) is 18.2 Å². The molecule has 1 aromatic rings. The third-order valence-electron chi connectivity index (χ3n) is 3.29. The van der Waals surface area contributed by atoms with Crippen molar-refractivity contribution in [2.75, 3.05) is 19.0 Å². The van der Waals surface area contributed by atoms with E-state index in [4.69, 9.17) is 9.47 Å². The van der Waals surface area contributed by atoms with Crippen LogP contribution in [0.1, 0.15) is 12.8 Å². The summed E-state index contributed by atoms with van der Waals surface area (Å²) in [6.07, 6.45) is 1.82. The maximum absolute atomic E-state index is 12.0. The Morgan fingerprint density at radius 2 is 2.25 bits per heavy atom. The number of amides is 1. The van der Waals surface area contributed by atoms with Crippen molar-refractivity contribution in [2.24, 2.45) is 5.41 Å². The normalized spacial score (nSPS) is 20.4. The maximum atomic E-state index is 12.0. The molecule has 4 nitrogen and oxygen atoms in total. The summed E-state index contributed by atoms with van der Waals surface area (Å²) >= 11 is 0. The molecule has 1 saturated carbocycles. The van der Waals surface area contributed by atoms with Gasteiger partial charge in [0.25, 0.3) is 0 Å².